The molecule has 27 heavy (non-hydrogen) atoms. The van der Waals surface area contributed by atoms with E-state index in [1.807, 2.05) is 23.9 Å². The summed E-state index contributed by atoms with van der Waals surface area (Å²) in [5.74, 6) is 1.62. The highest BCUT2D eigenvalue weighted by Gasteiger charge is 2.09. The summed E-state index contributed by atoms with van der Waals surface area (Å²) in [5.41, 5.74) is 3.61. The molecule has 0 bridgehead atoms. The van der Waals surface area contributed by atoms with E-state index in [-0.39, 0.29) is 5.82 Å². The van der Waals surface area contributed by atoms with Gasteiger partial charge in [-0.15, -0.1) is 11.8 Å². The first-order valence-electron chi connectivity index (χ1n) is 9.41. The van der Waals surface area contributed by atoms with Crippen molar-refractivity contribution in [3.63, 3.8) is 0 Å². The molecule has 0 radical (unpaired) electrons. The molecule has 0 fully saturated rings. The maximum atomic E-state index is 12.9. The van der Waals surface area contributed by atoms with E-state index >= 15 is 0 Å². The predicted molar refractivity (Wildman–Crippen MR) is 112 cm³/mol. The minimum Gasteiger partial charge on any atom is -0.357 e. The minimum atomic E-state index is -0.193. The van der Waals surface area contributed by atoms with E-state index in [2.05, 4.69) is 41.5 Å². The van der Waals surface area contributed by atoms with Gasteiger partial charge >= 0.3 is 0 Å². The summed E-state index contributed by atoms with van der Waals surface area (Å²) >= 11 is 1.73. The highest BCUT2D eigenvalue weighted by atomic mass is 32.2. The molecule has 2 N–H and O–H groups in total. The fraction of sp³-hybridized carbons (Fsp3) is 0.500. The van der Waals surface area contributed by atoms with E-state index < -0.39 is 0 Å². The Morgan fingerprint density at radius 2 is 1.96 bits per heavy atom. The van der Waals surface area contributed by atoms with Gasteiger partial charge in [-0.2, -0.15) is 5.10 Å². The van der Waals surface area contributed by atoms with E-state index in [1.54, 1.807) is 11.8 Å². The summed E-state index contributed by atoms with van der Waals surface area (Å²) in [6.07, 6.45) is 1.90. The van der Waals surface area contributed by atoms with Gasteiger partial charge in [0.15, 0.2) is 5.96 Å². The average molecular weight is 392 g/mol. The van der Waals surface area contributed by atoms with E-state index in [4.69, 9.17) is 0 Å². The molecule has 0 aliphatic carbocycles. The van der Waals surface area contributed by atoms with Crippen LogP contribution in [0.25, 0.3) is 0 Å². The molecule has 148 valence electrons. The normalized spacial score (nSPS) is 11.7. The van der Waals surface area contributed by atoms with E-state index in [9.17, 15) is 4.39 Å². The number of rotatable bonds is 9. The molecule has 1 heterocycles. The van der Waals surface area contributed by atoms with Gasteiger partial charge in [-0.25, -0.2) is 4.39 Å². The van der Waals surface area contributed by atoms with Gasteiger partial charge in [0.2, 0.25) is 0 Å². The Hall–Kier alpha value is -2.02. The number of hydrogen-bond acceptors (Lipinski definition) is 3. The van der Waals surface area contributed by atoms with Gasteiger partial charge < -0.3 is 10.6 Å². The van der Waals surface area contributed by atoms with Crippen molar-refractivity contribution < 1.29 is 4.39 Å². The minimum absolute atomic E-state index is 0.193. The zero-order valence-electron chi connectivity index (χ0n) is 16.7. The van der Waals surface area contributed by atoms with Gasteiger partial charge in [0, 0.05) is 37.3 Å². The van der Waals surface area contributed by atoms with Crippen LogP contribution in [0.4, 0.5) is 4.39 Å². The second-order valence-corrected chi connectivity index (χ2v) is 7.53. The highest BCUT2D eigenvalue weighted by Crippen LogP contribution is 2.18. The van der Waals surface area contributed by atoms with Crippen LogP contribution >= 0.6 is 11.8 Å². The summed E-state index contributed by atoms with van der Waals surface area (Å²) < 4.78 is 14.8. The largest absolute Gasteiger partial charge is 0.357 e. The smallest absolute Gasteiger partial charge is 0.191 e. The molecule has 0 atom stereocenters. The van der Waals surface area contributed by atoms with Crippen LogP contribution in [0.15, 0.2) is 34.2 Å². The fourth-order valence-corrected chi connectivity index (χ4v) is 3.64. The molecule has 0 saturated heterocycles. The lowest BCUT2D eigenvalue weighted by molar-refractivity contribution is 0.626. The zero-order valence-corrected chi connectivity index (χ0v) is 17.5. The van der Waals surface area contributed by atoms with Crippen LogP contribution in [0, 0.1) is 19.7 Å². The Kier molecular flexibility index (Phi) is 8.64. The Morgan fingerprint density at radius 1 is 1.22 bits per heavy atom. The number of nitrogens with zero attached hydrogens (tertiary/aromatic N) is 3. The van der Waals surface area contributed by atoms with Crippen LogP contribution in [0.2, 0.25) is 0 Å². The molecule has 1 aromatic carbocycles. The van der Waals surface area contributed by atoms with Gasteiger partial charge in [0.05, 0.1) is 5.69 Å². The monoisotopic (exact) mass is 391 g/mol. The molecule has 0 unspecified atom stereocenters. The molecule has 0 aliphatic heterocycles. The van der Waals surface area contributed by atoms with Gasteiger partial charge in [0.1, 0.15) is 5.82 Å². The van der Waals surface area contributed by atoms with Crippen molar-refractivity contribution in [1.82, 2.24) is 20.4 Å². The van der Waals surface area contributed by atoms with Crippen molar-refractivity contribution in [3.8, 4) is 0 Å². The number of benzene rings is 1. The molecule has 0 aliphatic rings. The summed E-state index contributed by atoms with van der Waals surface area (Å²) in [6, 6.07) is 6.63. The van der Waals surface area contributed by atoms with Crippen LogP contribution in [-0.2, 0) is 13.5 Å². The van der Waals surface area contributed by atoms with Gasteiger partial charge in [-0.05, 0) is 69.2 Å². The quantitative estimate of drug-likeness (QED) is 0.297. The summed E-state index contributed by atoms with van der Waals surface area (Å²) in [6.45, 7) is 8.64. The number of halogens is 1. The van der Waals surface area contributed by atoms with Crippen molar-refractivity contribution in [1.29, 1.82) is 0 Å². The second-order valence-electron chi connectivity index (χ2n) is 6.37. The van der Waals surface area contributed by atoms with Crippen molar-refractivity contribution in [3.05, 3.63) is 47.0 Å². The molecule has 0 saturated carbocycles. The van der Waals surface area contributed by atoms with Crippen molar-refractivity contribution in [2.24, 2.45) is 12.0 Å². The fourth-order valence-electron chi connectivity index (χ4n) is 2.80. The van der Waals surface area contributed by atoms with Crippen LogP contribution in [0.3, 0.4) is 0 Å². The van der Waals surface area contributed by atoms with E-state index in [0.29, 0.717) is 0 Å². The SMILES string of the molecule is CCNC(=NCCCSc1ccc(F)cc1)NCCc1c(C)nn(C)c1C. The third-order valence-electron chi connectivity index (χ3n) is 4.33. The Balaban J connectivity index is 1.73. The number of thioether (sulfide) groups is 1. The van der Waals surface area contributed by atoms with Crippen LogP contribution in [-0.4, -0.2) is 41.1 Å². The van der Waals surface area contributed by atoms with Crippen molar-refractivity contribution in [2.75, 3.05) is 25.4 Å². The molecule has 7 heteroatoms. The maximum absolute atomic E-state index is 12.9. The van der Waals surface area contributed by atoms with Crippen LogP contribution < -0.4 is 10.6 Å². The zero-order chi connectivity index (χ0) is 19.6. The lowest BCUT2D eigenvalue weighted by Gasteiger charge is -2.11. The van der Waals surface area contributed by atoms with Gasteiger partial charge in [0.25, 0.3) is 0 Å². The molecular formula is C20H30FN5S. The molecular weight excluding hydrogens is 361 g/mol. The third-order valence-corrected chi connectivity index (χ3v) is 5.42. The van der Waals surface area contributed by atoms with E-state index in [1.165, 1.54) is 23.4 Å². The molecule has 1 aromatic heterocycles. The average Bonchev–Trinajstić information content (AvgIpc) is 2.89. The molecule has 5 nitrogen and oxygen atoms in total. The highest BCUT2D eigenvalue weighted by molar-refractivity contribution is 7.99. The first kappa shape index (κ1) is 21.3. The van der Waals surface area contributed by atoms with Crippen molar-refractivity contribution in [2.45, 2.75) is 38.5 Å². The third kappa shape index (κ3) is 6.90. The summed E-state index contributed by atoms with van der Waals surface area (Å²) in [4.78, 5) is 5.73. The van der Waals surface area contributed by atoms with Crippen LogP contribution in [0.5, 0.6) is 0 Å². The number of aliphatic imine (C=N–C) groups is 1. The first-order valence-corrected chi connectivity index (χ1v) is 10.4. The Labute approximate surface area is 165 Å². The van der Waals surface area contributed by atoms with Crippen molar-refractivity contribution >= 4 is 17.7 Å². The lowest BCUT2D eigenvalue weighted by Crippen LogP contribution is -2.38. The lowest BCUT2D eigenvalue weighted by atomic mass is 10.1. The Bertz CT molecular complexity index is 740. The first-order chi connectivity index (χ1) is 13.0. The number of nitrogens with one attached hydrogen (secondary N) is 2. The number of aryl methyl sites for hydroxylation is 2. The van der Waals surface area contributed by atoms with Gasteiger partial charge in [-0.1, -0.05) is 0 Å². The van der Waals surface area contributed by atoms with E-state index in [0.717, 1.165) is 54.8 Å². The molecule has 0 amide bonds. The summed E-state index contributed by atoms with van der Waals surface area (Å²) in [7, 11) is 1.98. The number of hydrogen-bond donors (Lipinski definition) is 2. The molecule has 2 aromatic rings. The number of guanidine groups is 1. The number of aromatic nitrogens is 2. The second kappa shape index (κ2) is 11.0. The topological polar surface area (TPSA) is 54.2 Å². The predicted octanol–water partition coefficient (Wildman–Crippen LogP) is 3.46. The summed E-state index contributed by atoms with van der Waals surface area (Å²) in [5, 5.41) is 11.2. The van der Waals surface area contributed by atoms with Crippen LogP contribution in [0.1, 0.15) is 30.3 Å². The standard InChI is InChI=1S/C20H30FN5S/c1-5-22-20(24-13-11-19-15(2)25-26(4)16(19)3)23-12-6-14-27-18-9-7-17(21)8-10-18/h7-10H,5-6,11-14H2,1-4H3,(H2,22,23,24). The Morgan fingerprint density at radius 3 is 2.59 bits per heavy atom. The molecule has 2 rings (SSSR count). The molecule has 0 spiro atoms. The van der Waals surface area contributed by atoms with Gasteiger partial charge in [-0.3, -0.25) is 9.67 Å². The maximum Gasteiger partial charge on any atom is 0.191 e.